The number of carbonyl (C=O) groups excluding carboxylic acids is 1. The van der Waals surface area contributed by atoms with E-state index in [2.05, 4.69) is 10.0 Å². The van der Waals surface area contributed by atoms with Crippen LogP contribution in [-0.2, 0) is 10.0 Å². The molecule has 18 heavy (non-hydrogen) atoms. The lowest BCUT2D eigenvalue weighted by molar-refractivity contribution is 0.0988. The third-order valence-electron chi connectivity index (χ3n) is 2.54. The molecule has 1 aromatic carbocycles. The summed E-state index contributed by atoms with van der Waals surface area (Å²) in [6, 6.07) is 7.02. The van der Waals surface area contributed by atoms with Crippen LogP contribution in [0.2, 0.25) is 0 Å². The maximum absolute atomic E-state index is 11.4. The predicted molar refractivity (Wildman–Crippen MR) is 72.4 cm³/mol. The second-order valence-electron chi connectivity index (χ2n) is 3.80. The van der Waals surface area contributed by atoms with Gasteiger partial charge in [0.15, 0.2) is 5.78 Å². The summed E-state index contributed by atoms with van der Waals surface area (Å²) in [5.74, 6) is 0.110. The fourth-order valence-corrected chi connectivity index (χ4v) is 1.98. The average Bonchev–Trinajstić information content (AvgIpc) is 2.38. The number of ketones is 1. The third-order valence-corrected chi connectivity index (χ3v) is 3.90. The Morgan fingerprint density at radius 3 is 2.33 bits per heavy atom. The summed E-state index contributed by atoms with van der Waals surface area (Å²) in [5, 5.41) is 2.99. The van der Waals surface area contributed by atoms with Gasteiger partial charge in [0, 0.05) is 24.2 Å². The monoisotopic (exact) mass is 270 g/mol. The van der Waals surface area contributed by atoms with Crippen LogP contribution in [0.15, 0.2) is 24.3 Å². The maximum Gasteiger partial charge on any atom is 0.213 e. The highest BCUT2D eigenvalue weighted by Gasteiger charge is 2.06. The first-order valence-corrected chi connectivity index (χ1v) is 7.42. The molecule has 0 heterocycles. The van der Waals surface area contributed by atoms with E-state index in [0.29, 0.717) is 18.5 Å². The van der Waals surface area contributed by atoms with Crippen molar-refractivity contribution in [2.45, 2.75) is 13.3 Å². The van der Waals surface area contributed by atoms with E-state index in [-0.39, 0.29) is 11.5 Å². The number of sulfonamides is 1. The van der Waals surface area contributed by atoms with E-state index in [1.54, 1.807) is 24.3 Å². The van der Waals surface area contributed by atoms with Crippen molar-refractivity contribution in [1.29, 1.82) is 0 Å². The molecule has 0 aliphatic rings. The minimum absolute atomic E-state index is 0.0130. The molecule has 6 heteroatoms. The first kappa shape index (κ1) is 14.7. The van der Waals surface area contributed by atoms with Crippen molar-refractivity contribution in [3.05, 3.63) is 29.8 Å². The van der Waals surface area contributed by atoms with Gasteiger partial charge in [-0.15, -0.1) is 0 Å². The van der Waals surface area contributed by atoms with Crippen LogP contribution in [0.5, 0.6) is 0 Å². The molecule has 0 aromatic heterocycles. The molecule has 0 spiro atoms. The lowest BCUT2D eigenvalue weighted by Crippen LogP contribution is -2.26. The Kier molecular flexibility index (Phi) is 5.30. The largest absolute Gasteiger partial charge is 0.384 e. The molecule has 0 saturated heterocycles. The predicted octanol–water partition coefficient (Wildman–Crippen LogP) is 1.24. The van der Waals surface area contributed by atoms with Crippen molar-refractivity contribution in [2.24, 2.45) is 0 Å². The lowest BCUT2D eigenvalue weighted by Gasteiger charge is -2.07. The van der Waals surface area contributed by atoms with Gasteiger partial charge in [0.2, 0.25) is 10.0 Å². The summed E-state index contributed by atoms with van der Waals surface area (Å²) in [7, 11) is -1.79. The molecule has 0 unspecified atom stereocenters. The van der Waals surface area contributed by atoms with Gasteiger partial charge >= 0.3 is 0 Å². The molecule has 0 bridgehead atoms. The van der Waals surface area contributed by atoms with Gasteiger partial charge in [-0.2, -0.15) is 0 Å². The number of benzene rings is 1. The van der Waals surface area contributed by atoms with E-state index in [9.17, 15) is 13.2 Å². The molecular formula is C12H18N2O3S. The van der Waals surface area contributed by atoms with Crippen LogP contribution in [0, 0.1) is 0 Å². The Hall–Kier alpha value is -1.40. The number of hydrogen-bond donors (Lipinski definition) is 2. The van der Waals surface area contributed by atoms with Crippen LogP contribution >= 0.6 is 0 Å². The van der Waals surface area contributed by atoms with Gasteiger partial charge in [-0.05, 0) is 31.3 Å². The Morgan fingerprint density at radius 2 is 1.83 bits per heavy atom. The Morgan fingerprint density at radius 1 is 1.22 bits per heavy atom. The van der Waals surface area contributed by atoms with Crippen LogP contribution in [0.4, 0.5) is 5.69 Å². The van der Waals surface area contributed by atoms with Gasteiger partial charge in [0.05, 0.1) is 5.75 Å². The molecule has 2 N–H and O–H groups in total. The third kappa shape index (κ3) is 4.46. The molecule has 1 rings (SSSR count). The summed E-state index contributed by atoms with van der Waals surface area (Å²) < 4.78 is 24.6. The fraction of sp³-hybridized carbons (Fsp3) is 0.417. The smallest absolute Gasteiger partial charge is 0.213 e. The number of Topliss-reactive ketones (excluding diaryl/α,β-unsaturated/α-hetero) is 1. The van der Waals surface area contributed by atoms with Crippen molar-refractivity contribution in [3.63, 3.8) is 0 Å². The molecule has 5 nitrogen and oxygen atoms in total. The van der Waals surface area contributed by atoms with Crippen molar-refractivity contribution in [1.82, 2.24) is 4.72 Å². The van der Waals surface area contributed by atoms with Crippen LogP contribution in [0.3, 0.4) is 0 Å². The topological polar surface area (TPSA) is 75.3 Å². The van der Waals surface area contributed by atoms with E-state index in [1.807, 2.05) is 6.92 Å². The molecule has 0 radical (unpaired) electrons. The summed E-state index contributed by atoms with van der Waals surface area (Å²) in [6.07, 6.45) is 0.479. The summed E-state index contributed by atoms with van der Waals surface area (Å²) >= 11 is 0. The van der Waals surface area contributed by atoms with Crippen molar-refractivity contribution >= 4 is 21.5 Å². The van der Waals surface area contributed by atoms with Crippen LogP contribution in [0.1, 0.15) is 23.7 Å². The lowest BCUT2D eigenvalue weighted by atomic mass is 10.1. The minimum atomic E-state index is -3.18. The average molecular weight is 270 g/mol. The number of anilines is 1. The van der Waals surface area contributed by atoms with Crippen molar-refractivity contribution < 1.29 is 13.2 Å². The molecule has 0 fully saturated rings. The van der Waals surface area contributed by atoms with E-state index in [0.717, 1.165) is 5.69 Å². The second kappa shape index (κ2) is 6.51. The molecule has 0 saturated carbocycles. The van der Waals surface area contributed by atoms with E-state index >= 15 is 0 Å². The fourth-order valence-electron chi connectivity index (χ4n) is 1.41. The highest BCUT2D eigenvalue weighted by atomic mass is 32.2. The Labute approximate surface area is 108 Å². The van der Waals surface area contributed by atoms with E-state index in [4.69, 9.17) is 0 Å². The second-order valence-corrected chi connectivity index (χ2v) is 5.85. The number of hydrogen-bond acceptors (Lipinski definition) is 4. The van der Waals surface area contributed by atoms with Crippen LogP contribution in [-0.4, -0.2) is 33.5 Å². The van der Waals surface area contributed by atoms with Gasteiger partial charge in [0.25, 0.3) is 0 Å². The zero-order valence-electron chi connectivity index (χ0n) is 10.6. The van der Waals surface area contributed by atoms with Gasteiger partial charge in [-0.1, -0.05) is 6.92 Å². The maximum atomic E-state index is 11.4. The van der Waals surface area contributed by atoms with Gasteiger partial charge < -0.3 is 5.32 Å². The molecule has 1 aromatic rings. The zero-order valence-corrected chi connectivity index (χ0v) is 11.4. The number of rotatable bonds is 7. The molecule has 100 valence electrons. The first-order valence-electron chi connectivity index (χ1n) is 5.77. The normalized spacial score (nSPS) is 11.2. The highest BCUT2D eigenvalue weighted by Crippen LogP contribution is 2.10. The molecule has 0 aliphatic carbocycles. The molecule has 0 atom stereocenters. The van der Waals surface area contributed by atoms with Crippen molar-refractivity contribution in [2.75, 3.05) is 24.7 Å². The Bertz CT molecular complexity index is 495. The summed E-state index contributed by atoms with van der Waals surface area (Å²) in [5.41, 5.74) is 1.47. The highest BCUT2D eigenvalue weighted by molar-refractivity contribution is 7.89. The minimum Gasteiger partial charge on any atom is -0.384 e. The quantitative estimate of drug-likeness (QED) is 0.731. The first-order chi connectivity index (χ1) is 8.48. The van der Waals surface area contributed by atoms with Crippen molar-refractivity contribution in [3.8, 4) is 0 Å². The zero-order chi connectivity index (χ0) is 13.6. The number of nitrogens with one attached hydrogen (secondary N) is 2. The van der Waals surface area contributed by atoms with Crippen LogP contribution < -0.4 is 10.0 Å². The standard InChI is InChI=1S/C12H18N2O3S/c1-3-12(15)10-4-6-11(7-5-10)14-8-9-18(16,17)13-2/h4-7,13-14H,3,8-9H2,1-2H3. The molecular weight excluding hydrogens is 252 g/mol. The Balaban J connectivity index is 2.52. The van der Waals surface area contributed by atoms with E-state index in [1.165, 1.54) is 7.05 Å². The van der Waals surface area contributed by atoms with Gasteiger partial charge in [0.1, 0.15) is 0 Å². The van der Waals surface area contributed by atoms with Gasteiger partial charge in [-0.3, -0.25) is 4.79 Å². The SMILES string of the molecule is CCC(=O)c1ccc(NCCS(=O)(=O)NC)cc1. The van der Waals surface area contributed by atoms with Gasteiger partial charge in [-0.25, -0.2) is 13.1 Å². The molecule has 0 amide bonds. The molecule has 0 aliphatic heterocycles. The number of carbonyl (C=O) groups is 1. The van der Waals surface area contributed by atoms with Crippen LogP contribution in [0.25, 0.3) is 0 Å². The van der Waals surface area contributed by atoms with E-state index < -0.39 is 10.0 Å². The summed E-state index contributed by atoms with van der Waals surface area (Å²) in [6.45, 7) is 2.14. The summed E-state index contributed by atoms with van der Waals surface area (Å²) in [4.78, 5) is 11.4.